The first kappa shape index (κ1) is 14.1. The first-order valence-electron chi connectivity index (χ1n) is 6.42. The Kier molecular flexibility index (Phi) is 4.08. The van der Waals surface area contributed by atoms with Gasteiger partial charge in [0.1, 0.15) is 12.1 Å². The van der Waals surface area contributed by atoms with Crippen LogP contribution in [0.2, 0.25) is 0 Å². The van der Waals surface area contributed by atoms with Gasteiger partial charge in [-0.15, -0.1) is 0 Å². The number of likely N-dealkylation sites (N-methyl/N-ethyl adjacent to an activating group) is 1. The van der Waals surface area contributed by atoms with Crippen LogP contribution in [0.15, 0.2) is 28.7 Å². The maximum Gasteiger partial charge on any atom is 0.325 e. The van der Waals surface area contributed by atoms with E-state index in [4.69, 9.17) is 4.42 Å². The molecule has 0 atom stereocenters. The van der Waals surface area contributed by atoms with E-state index in [0.717, 1.165) is 10.9 Å². The minimum atomic E-state index is -0.450. The van der Waals surface area contributed by atoms with Gasteiger partial charge in [-0.2, -0.15) is 0 Å². The molecule has 0 aliphatic carbocycles. The van der Waals surface area contributed by atoms with Crippen molar-refractivity contribution in [3.8, 4) is 0 Å². The predicted molar refractivity (Wildman–Crippen MR) is 74.5 cm³/mol. The van der Waals surface area contributed by atoms with E-state index in [1.165, 1.54) is 12.0 Å². The van der Waals surface area contributed by atoms with Crippen molar-refractivity contribution < 1.29 is 18.7 Å². The molecular weight excluding hydrogens is 258 g/mol. The summed E-state index contributed by atoms with van der Waals surface area (Å²) in [6.45, 7) is 3.97. The highest BCUT2D eigenvalue weighted by Gasteiger charge is 2.23. The Morgan fingerprint density at radius 1 is 1.30 bits per heavy atom. The van der Waals surface area contributed by atoms with Gasteiger partial charge in [-0.1, -0.05) is 18.2 Å². The van der Waals surface area contributed by atoms with E-state index in [1.54, 1.807) is 6.92 Å². The first-order valence-corrected chi connectivity index (χ1v) is 6.42. The van der Waals surface area contributed by atoms with Crippen molar-refractivity contribution in [2.75, 3.05) is 20.2 Å². The zero-order chi connectivity index (χ0) is 14.7. The fourth-order valence-corrected chi connectivity index (χ4v) is 2.07. The van der Waals surface area contributed by atoms with Crippen molar-refractivity contribution in [1.29, 1.82) is 0 Å². The second kappa shape index (κ2) is 5.77. The van der Waals surface area contributed by atoms with Crippen molar-refractivity contribution in [3.63, 3.8) is 0 Å². The van der Waals surface area contributed by atoms with E-state index in [2.05, 4.69) is 4.74 Å². The number of fused-ring (bicyclic) bond motifs is 1. The molecule has 0 radical (unpaired) electrons. The lowest BCUT2D eigenvalue weighted by Crippen LogP contribution is -2.36. The SMILES string of the molecule is CCN(CC(=O)OC)C(=O)c1oc2ccccc2c1C. The number of ether oxygens (including phenoxy) is 1. The van der Waals surface area contributed by atoms with Crippen LogP contribution < -0.4 is 0 Å². The van der Waals surface area contributed by atoms with Crippen LogP contribution in [0.4, 0.5) is 0 Å². The molecule has 106 valence electrons. The molecule has 1 aromatic heterocycles. The molecule has 0 aliphatic heterocycles. The summed E-state index contributed by atoms with van der Waals surface area (Å²) in [6, 6.07) is 7.47. The number of esters is 1. The molecule has 1 aromatic carbocycles. The van der Waals surface area contributed by atoms with Gasteiger partial charge in [-0.25, -0.2) is 0 Å². The number of benzene rings is 1. The third kappa shape index (κ3) is 2.52. The summed E-state index contributed by atoms with van der Waals surface area (Å²) >= 11 is 0. The van der Waals surface area contributed by atoms with E-state index in [1.807, 2.05) is 31.2 Å². The van der Waals surface area contributed by atoms with Crippen molar-refractivity contribution in [2.24, 2.45) is 0 Å². The predicted octanol–water partition coefficient (Wildman–Crippen LogP) is 2.38. The van der Waals surface area contributed by atoms with Gasteiger partial charge in [0.15, 0.2) is 5.76 Å². The van der Waals surface area contributed by atoms with Gasteiger partial charge in [-0.05, 0) is 19.9 Å². The Morgan fingerprint density at radius 3 is 2.60 bits per heavy atom. The topological polar surface area (TPSA) is 59.8 Å². The van der Waals surface area contributed by atoms with Gasteiger partial charge in [0.25, 0.3) is 5.91 Å². The normalized spacial score (nSPS) is 10.6. The molecule has 5 heteroatoms. The van der Waals surface area contributed by atoms with Gasteiger partial charge < -0.3 is 14.1 Å². The second-order valence-corrected chi connectivity index (χ2v) is 4.45. The molecule has 20 heavy (non-hydrogen) atoms. The van der Waals surface area contributed by atoms with Crippen LogP contribution in [-0.2, 0) is 9.53 Å². The highest BCUT2D eigenvalue weighted by atomic mass is 16.5. The number of hydrogen-bond donors (Lipinski definition) is 0. The number of furan rings is 1. The summed E-state index contributed by atoms with van der Waals surface area (Å²) < 4.78 is 10.2. The summed E-state index contributed by atoms with van der Waals surface area (Å²) in [6.07, 6.45) is 0. The second-order valence-electron chi connectivity index (χ2n) is 4.45. The summed E-state index contributed by atoms with van der Waals surface area (Å²) in [4.78, 5) is 25.2. The van der Waals surface area contributed by atoms with Crippen molar-refractivity contribution in [3.05, 3.63) is 35.6 Å². The van der Waals surface area contributed by atoms with E-state index < -0.39 is 5.97 Å². The molecule has 0 N–H and O–H groups in total. The third-order valence-corrected chi connectivity index (χ3v) is 3.25. The maximum atomic E-state index is 12.4. The van der Waals surface area contributed by atoms with Crippen LogP contribution in [0.25, 0.3) is 11.0 Å². The van der Waals surface area contributed by atoms with Crippen LogP contribution in [-0.4, -0.2) is 37.0 Å². The Balaban J connectivity index is 2.34. The number of amides is 1. The molecule has 0 unspecified atom stereocenters. The van der Waals surface area contributed by atoms with E-state index in [0.29, 0.717) is 12.1 Å². The van der Waals surface area contributed by atoms with Crippen molar-refractivity contribution >= 4 is 22.8 Å². The minimum absolute atomic E-state index is 0.0810. The third-order valence-electron chi connectivity index (χ3n) is 3.25. The molecule has 1 heterocycles. The number of carbonyl (C=O) groups is 2. The van der Waals surface area contributed by atoms with E-state index in [9.17, 15) is 9.59 Å². The smallest absolute Gasteiger partial charge is 0.325 e. The maximum absolute atomic E-state index is 12.4. The van der Waals surface area contributed by atoms with Crippen LogP contribution in [0.3, 0.4) is 0 Å². The minimum Gasteiger partial charge on any atom is -0.468 e. The van der Waals surface area contributed by atoms with Gasteiger partial charge >= 0.3 is 5.97 Å². The lowest BCUT2D eigenvalue weighted by Gasteiger charge is -2.18. The van der Waals surface area contributed by atoms with Crippen molar-refractivity contribution in [2.45, 2.75) is 13.8 Å². The lowest BCUT2D eigenvalue weighted by molar-refractivity contribution is -0.141. The average Bonchev–Trinajstić information content (AvgIpc) is 2.81. The monoisotopic (exact) mass is 275 g/mol. The molecule has 2 aromatic rings. The number of aryl methyl sites for hydroxylation is 1. The molecule has 1 amide bonds. The van der Waals surface area contributed by atoms with Crippen LogP contribution in [0.5, 0.6) is 0 Å². The fraction of sp³-hybridized carbons (Fsp3) is 0.333. The van der Waals surface area contributed by atoms with Gasteiger partial charge in [0, 0.05) is 17.5 Å². The molecular formula is C15H17NO4. The Morgan fingerprint density at radius 2 is 2.00 bits per heavy atom. The summed E-state index contributed by atoms with van der Waals surface area (Å²) in [7, 11) is 1.30. The summed E-state index contributed by atoms with van der Waals surface area (Å²) in [5.41, 5.74) is 1.45. The zero-order valence-corrected chi connectivity index (χ0v) is 11.8. The number of nitrogens with zero attached hydrogens (tertiary/aromatic N) is 1. The molecule has 5 nitrogen and oxygen atoms in total. The molecule has 0 fully saturated rings. The van der Waals surface area contributed by atoms with Gasteiger partial charge in [0.05, 0.1) is 7.11 Å². The van der Waals surface area contributed by atoms with Crippen LogP contribution in [0, 0.1) is 6.92 Å². The highest BCUT2D eigenvalue weighted by molar-refractivity contribution is 5.99. The lowest BCUT2D eigenvalue weighted by atomic mass is 10.1. The largest absolute Gasteiger partial charge is 0.468 e. The number of para-hydroxylation sites is 1. The fourth-order valence-electron chi connectivity index (χ4n) is 2.07. The number of rotatable bonds is 4. The Labute approximate surface area is 117 Å². The van der Waals surface area contributed by atoms with Crippen LogP contribution >= 0.6 is 0 Å². The van der Waals surface area contributed by atoms with Crippen LogP contribution in [0.1, 0.15) is 23.0 Å². The molecule has 0 saturated heterocycles. The summed E-state index contributed by atoms with van der Waals surface area (Å²) in [5.74, 6) is -0.475. The molecule has 0 saturated carbocycles. The van der Waals surface area contributed by atoms with Gasteiger partial charge in [-0.3, -0.25) is 9.59 Å². The van der Waals surface area contributed by atoms with E-state index >= 15 is 0 Å². The summed E-state index contributed by atoms with van der Waals surface area (Å²) in [5, 5.41) is 0.907. The first-order chi connectivity index (χ1) is 9.58. The Hall–Kier alpha value is -2.30. The molecule has 0 bridgehead atoms. The zero-order valence-electron chi connectivity index (χ0n) is 11.8. The Bertz CT molecular complexity index is 644. The molecule has 0 aliphatic rings. The quantitative estimate of drug-likeness (QED) is 0.804. The van der Waals surface area contributed by atoms with Gasteiger partial charge in [0.2, 0.25) is 0 Å². The standard InChI is InChI=1S/C15H17NO4/c1-4-16(9-13(17)19-3)15(18)14-10(2)11-7-5-6-8-12(11)20-14/h5-8H,4,9H2,1-3H3. The molecule has 0 spiro atoms. The average molecular weight is 275 g/mol. The highest BCUT2D eigenvalue weighted by Crippen LogP contribution is 2.25. The number of hydrogen-bond acceptors (Lipinski definition) is 4. The molecule has 2 rings (SSSR count). The van der Waals surface area contributed by atoms with E-state index in [-0.39, 0.29) is 18.2 Å². The number of carbonyl (C=O) groups excluding carboxylic acids is 2. The number of methoxy groups -OCH3 is 1. The van der Waals surface area contributed by atoms with Crippen molar-refractivity contribution in [1.82, 2.24) is 4.90 Å².